The minimum absolute atomic E-state index is 0.0737. The van der Waals surface area contributed by atoms with Crippen molar-refractivity contribution in [3.8, 4) is 23.0 Å². The Labute approximate surface area is 349 Å². The van der Waals surface area contributed by atoms with E-state index in [1.165, 1.54) is 56.5 Å². The third-order valence-corrected chi connectivity index (χ3v) is 11.2. The molecular weight excluding hydrogens is 771 g/mol. The van der Waals surface area contributed by atoms with Crippen molar-refractivity contribution in [1.82, 2.24) is 19.9 Å². The molecule has 0 radical (unpaired) electrons. The molecule has 2 aliphatic carbocycles. The molecule has 0 bridgehead atoms. The van der Waals surface area contributed by atoms with Crippen molar-refractivity contribution in [2.24, 2.45) is 23.7 Å². The first-order valence-electron chi connectivity index (χ1n) is 20.6. The summed E-state index contributed by atoms with van der Waals surface area (Å²) in [6.45, 7) is 8.40. The number of piperidine rings is 2. The van der Waals surface area contributed by atoms with E-state index in [1.54, 1.807) is 42.5 Å². The van der Waals surface area contributed by atoms with Gasteiger partial charge in [-0.1, -0.05) is 0 Å². The largest absolute Gasteiger partial charge is 0.481 e. The number of ether oxygens (including phenoxy) is 2. The Hall–Kier alpha value is -5.68. The SMILES string of the molecule is CC(=O)N(O)C(=N)c1ccc(Oc2cc(NC(=O)C3CCN(CC4CC4)CC3)cc(Oc3ccc(C(=N)N(O)C(C)=O)cc3)c2)cc1.O=C(O)C1CCN(CC2CC2)CC1. The molecule has 0 aromatic heterocycles. The number of hydrogen-bond acceptors (Lipinski definition) is 12. The number of hydrogen-bond donors (Lipinski definition) is 6. The monoisotopic (exact) mass is 825 g/mol. The minimum atomic E-state index is -0.690. The van der Waals surface area contributed by atoms with Crippen LogP contribution in [0.4, 0.5) is 5.69 Å². The molecule has 0 atom stereocenters. The molecule has 2 aliphatic heterocycles. The lowest BCUT2D eigenvalue weighted by Gasteiger charge is -2.31. The van der Waals surface area contributed by atoms with E-state index in [0.717, 1.165) is 84.1 Å². The van der Waals surface area contributed by atoms with Crippen molar-refractivity contribution < 1.29 is 44.2 Å². The number of nitrogens with zero attached hydrogens (tertiary/aromatic N) is 4. The Morgan fingerprint density at radius 2 is 1.00 bits per heavy atom. The van der Waals surface area contributed by atoms with Crippen molar-refractivity contribution in [1.29, 1.82) is 10.8 Å². The number of aliphatic carboxylic acids is 1. The number of carboxylic acid groups (broad SMARTS) is 1. The van der Waals surface area contributed by atoms with Crippen LogP contribution in [0.5, 0.6) is 23.0 Å². The summed E-state index contributed by atoms with van der Waals surface area (Å²) in [7, 11) is 0. The number of hydroxylamine groups is 4. The van der Waals surface area contributed by atoms with Crippen LogP contribution in [0.3, 0.4) is 0 Å². The van der Waals surface area contributed by atoms with Crippen LogP contribution < -0.4 is 14.8 Å². The van der Waals surface area contributed by atoms with E-state index < -0.39 is 17.8 Å². The zero-order chi connectivity index (χ0) is 42.9. The fourth-order valence-electron chi connectivity index (χ4n) is 7.27. The number of amides is 3. The number of anilines is 1. The van der Waals surface area contributed by atoms with Gasteiger partial charge >= 0.3 is 5.97 Å². The highest BCUT2D eigenvalue weighted by Crippen LogP contribution is 2.35. The van der Waals surface area contributed by atoms with Crippen molar-refractivity contribution in [3.05, 3.63) is 77.9 Å². The summed E-state index contributed by atoms with van der Waals surface area (Å²) < 4.78 is 12.2. The normalized spacial score (nSPS) is 17.4. The summed E-state index contributed by atoms with van der Waals surface area (Å²) in [5.41, 5.74) is 1.06. The summed E-state index contributed by atoms with van der Waals surface area (Å²) >= 11 is 0. The Bertz CT molecular complexity index is 1920. The van der Waals surface area contributed by atoms with Gasteiger partial charge in [0.25, 0.3) is 0 Å². The first kappa shape index (κ1) is 43.9. The van der Waals surface area contributed by atoms with Crippen LogP contribution >= 0.6 is 0 Å². The van der Waals surface area contributed by atoms with Crippen LogP contribution in [0.2, 0.25) is 0 Å². The molecular formula is C44H55N7O9. The maximum Gasteiger partial charge on any atom is 0.306 e. The maximum atomic E-state index is 13.3. The quantitative estimate of drug-likeness (QED) is 0.0464. The van der Waals surface area contributed by atoms with E-state index in [0.29, 0.717) is 39.8 Å². The van der Waals surface area contributed by atoms with E-state index in [2.05, 4.69) is 15.1 Å². The predicted octanol–water partition coefficient (Wildman–Crippen LogP) is 6.65. The molecule has 2 saturated carbocycles. The van der Waals surface area contributed by atoms with E-state index in [-0.39, 0.29) is 39.5 Å². The minimum Gasteiger partial charge on any atom is -0.481 e. The molecule has 3 amide bonds. The summed E-state index contributed by atoms with van der Waals surface area (Å²) in [5.74, 6) is 0.220. The lowest BCUT2D eigenvalue weighted by Crippen LogP contribution is -2.39. The van der Waals surface area contributed by atoms with Gasteiger partial charge in [-0.2, -0.15) is 10.1 Å². The van der Waals surface area contributed by atoms with Gasteiger partial charge in [-0.25, -0.2) is 0 Å². The smallest absolute Gasteiger partial charge is 0.306 e. The number of carboxylic acids is 1. The van der Waals surface area contributed by atoms with Crippen LogP contribution in [0.1, 0.15) is 76.3 Å². The highest BCUT2D eigenvalue weighted by molar-refractivity contribution is 6.05. The zero-order valence-electron chi connectivity index (χ0n) is 34.1. The number of likely N-dealkylation sites (tertiary alicyclic amines) is 2. The van der Waals surface area contributed by atoms with Crippen LogP contribution in [-0.4, -0.2) is 110 Å². The highest BCUT2D eigenvalue weighted by Gasteiger charge is 2.31. The third kappa shape index (κ3) is 12.7. The molecule has 3 aromatic rings. The second-order valence-electron chi connectivity index (χ2n) is 16.2. The van der Waals surface area contributed by atoms with Crippen LogP contribution in [-0.2, 0) is 19.2 Å². The van der Waals surface area contributed by atoms with Crippen LogP contribution in [0.25, 0.3) is 0 Å². The molecule has 6 N–H and O–H groups in total. The van der Waals surface area contributed by atoms with E-state index in [4.69, 9.17) is 25.4 Å². The average molecular weight is 826 g/mol. The van der Waals surface area contributed by atoms with Gasteiger partial charge in [-0.05, 0) is 138 Å². The molecule has 0 unspecified atom stereocenters. The number of amidine groups is 2. The first-order chi connectivity index (χ1) is 28.7. The van der Waals surface area contributed by atoms with Gasteiger partial charge in [0.1, 0.15) is 23.0 Å². The molecule has 7 rings (SSSR count). The van der Waals surface area contributed by atoms with Crippen molar-refractivity contribution in [2.75, 3.05) is 44.6 Å². The van der Waals surface area contributed by atoms with Gasteiger partial charge in [-0.15, -0.1) is 0 Å². The standard InChI is InChI=1S/C34H38N6O7.C10H17NO2/c1-21(41)39(44)32(35)24-5-9-28(10-6-24)46-30-17-27(37-34(43)26-13-15-38(16-14-26)20-23-3-4-23)18-31(19-30)47-29-11-7-25(8-12-29)33(36)40(45)22(2)42;12-10(13)9-3-5-11(6-4-9)7-8-1-2-8/h5-12,17-19,23,26,35-36,44-45H,3-4,13-16,20H2,1-2H3,(H,37,43);8-9H,1-7H2,(H,12,13). The van der Waals surface area contributed by atoms with E-state index in [9.17, 15) is 29.6 Å². The highest BCUT2D eigenvalue weighted by atomic mass is 16.5. The topological polar surface area (TPSA) is 220 Å². The molecule has 3 aromatic carbocycles. The number of nitrogens with one attached hydrogen (secondary N) is 3. The van der Waals surface area contributed by atoms with Crippen LogP contribution in [0, 0.1) is 34.5 Å². The second kappa shape index (κ2) is 20.1. The number of carbonyl (C=O) groups is 4. The lowest BCUT2D eigenvalue weighted by atomic mass is 9.95. The Morgan fingerprint density at radius 1 is 0.617 bits per heavy atom. The summed E-state index contributed by atoms with van der Waals surface area (Å²) in [5, 5.41) is 47.9. The lowest BCUT2D eigenvalue weighted by molar-refractivity contribution is -0.147. The van der Waals surface area contributed by atoms with Crippen molar-refractivity contribution in [2.45, 2.75) is 65.2 Å². The molecule has 0 spiro atoms. The summed E-state index contributed by atoms with van der Waals surface area (Å²) in [6, 6.07) is 17.4. The van der Waals surface area contributed by atoms with Crippen molar-refractivity contribution in [3.63, 3.8) is 0 Å². The van der Waals surface area contributed by atoms with Gasteiger partial charge in [0.05, 0.1) is 5.92 Å². The van der Waals surface area contributed by atoms with Gasteiger partial charge in [0.15, 0.2) is 11.7 Å². The van der Waals surface area contributed by atoms with Gasteiger partial charge in [0.2, 0.25) is 17.7 Å². The number of carbonyl (C=O) groups excluding carboxylic acids is 3. The van der Waals surface area contributed by atoms with E-state index in [1.807, 2.05) is 0 Å². The summed E-state index contributed by atoms with van der Waals surface area (Å²) in [4.78, 5) is 51.7. The fraction of sp³-hybridized carbons (Fsp3) is 0.455. The molecule has 2 heterocycles. The average Bonchev–Trinajstić information content (AvgIpc) is 4.19. The molecule has 4 fully saturated rings. The second-order valence-corrected chi connectivity index (χ2v) is 16.2. The Balaban J connectivity index is 0.000000392. The molecule has 60 heavy (non-hydrogen) atoms. The number of benzene rings is 3. The molecule has 16 heteroatoms. The first-order valence-corrected chi connectivity index (χ1v) is 20.6. The van der Waals surface area contributed by atoms with Gasteiger partial charge in [0, 0.05) is 67.9 Å². The summed E-state index contributed by atoms with van der Waals surface area (Å²) in [6.07, 6.45) is 8.64. The zero-order valence-corrected chi connectivity index (χ0v) is 34.1. The third-order valence-electron chi connectivity index (χ3n) is 11.2. The maximum absolute atomic E-state index is 13.3. The molecule has 2 saturated heterocycles. The predicted molar refractivity (Wildman–Crippen MR) is 222 cm³/mol. The molecule has 16 nitrogen and oxygen atoms in total. The van der Waals surface area contributed by atoms with Crippen LogP contribution in [0.15, 0.2) is 66.7 Å². The molecule has 4 aliphatic rings. The fourth-order valence-corrected chi connectivity index (χ4v) is 7.27. The van der Waals surface area contributed by atoms with Gasteiger partial charge in [-0.3, -0.25) is 40.4 Å². The van der Waals surface area contributed by atoms with Crippen molar-refractivity contribution >= 4 is 41.0 Å². The molecule has 320 valence electrons. The number of rotatable bonds is 13. The Kier molecular flexibility index (Phi) is 14.7. The van der Waals surface area contributed by atoms with E-state index >= 15 is 0 Å². The Morgan fingerprint density at radius 3 is 1.35 bits per heavy atom. The van der Waals surface area contributed by atoms with Gasteiger partial charge < -0.3 is 29.7 Å².